The van der Waals surface area contributed by atoms with Crippen molar-refractivity contribution < 1.29 is 14.3 Å². The maximum Gasteiger partial charge on any atom is 0.220 e. The molecule has 0 aliphatic carbocycles. The summed E-state index contributed by atoms with van der Waals surface area (Å²) in [7, 11) is 1.65. The quantitative estimate of drug-likeness (QED) is 0.841. The van der Waals surface area contributed by atoms with Crippen molar-refractivity contribution in [1.29, 1.82) is 0 Å². The molecule has 132 valence electrons. The van der Waals surface area contributed by atoms with Gasteiger partial charge < -0.3 is 14.8 Å². The molecule has 0 saturated carbocycles. The van der Waals surface area contributed by atoms with Crippen LogP contribution in [0.25, 0.3) is 0 Å². The highest BCUT2D eigenvalue weighted by atomic mass is 16.5. The van der Waals surface area contributed by atoms with E-state index in [9.17, 15) is 4.79 Å². The summed E-state index contributed by atoms with van der Waals surface area (Å²) in [4.78, 5) is 12.5. The van der Waals surface area contributed by atoms with Crippen molar-refractivity contribution in [1.82, 2.24) is 5.32 Å². The number of carbonyl (C=O) groups is 1. The van der Waals surface area contributed by atoms with Gasteiger partial charge in [0.1, 0.15) is 5.75 Å². The van der Waals surface area contributed by atoms with E-state index >= 15 is 0 Å². The van der Waals surface area contributed by atoms with Crippen LogP contribution in [0.15, 0.2) is 54.6 Å². The fourth-order valence-corrected chi connectivity index (χ4v) is 3.07. The molecular formula is C21H25NO3. The minimum Gasteiger partial charge on any atom is -0.497 e. The molecule has 1 atom stereocenters. The molecule has 25 heavy (non-hydrogen) atoms. The molecule has 1 aliphatic heterocycles. The van der Waals surface area contributed by atoms with Crippen LogP contribution in [-0.2, 0) is 9.53 Å². The topological polar surface area (TPSA) is 47.6 Å². The van der Waals surface area contributed by atoms with Crippen molar-refractivity contribution in [3.05, 3.63) is 65.7 Å². The Labute approximate surface area is 149 Å². The van der Waals surface area contributed by atoms with Crippen LogP contribution in [0.1, 0.15) is 30.4 Å². The Bertz CT molecular complexity index is 693. The van der Waals surface area contributed by atoms with Crippen LogP contribution < -0.4 is 10.1 Å². The summed E-state index contributed by atoms with van der Waals surface area (Å²) in [6.45, 7) is 4.23. The molecule has 4 nitrogen and oxygen atoms in total. The molecule has 1 N–H and O–H groups in total. The van der Waals surface area contributed by atoms with Crippen molar-refractivity contribution in [3.63, 3.8) is 0 Å². The molecule has 2 aromatic carbocycles. The van der Waals surface area contributed by atoms with Crippen molar-refractivity contribution in [2.24, 2.45) is 5.41 Å². The van der Waals surface area contributed by atoms with Gasteiger partial charge in [-0.15, -0.1) is 0 Å². The zero-order valence-electron chi connectivity index (χ0n) is 14.8. The predicted molar refractivity (Wildman–Crippen MR) is 97.8 cm³/mol. The second kappa shape index (κ2) is 7.70. The van der Waals surface area contributed by atoms with Gasteiger partial charge in [0.2, 0.25) is 5.91 Å². The molecule has 0 aromatic heterocycles. The Morgan fingerprint density at radius 2 is 1.76 bits per heavy atom. The van der Waals surface area contributed by atoms with Crippen molar-refractivity contribution in [2.45, 2.75) is 19.3 Å². The molecule has 1 fully saturated rings. The molecule has 0 unspecified atom stereocenters. The fraction of sp³-hybridized carbons (Fsp3) is 0.381. The summed E-state index contributed by atoms with van der Waals surface area (Å²) in [5, 5.41) is 3.07. The number of ether oxygens (including phenoxy) is 2. The predicted octanol–water partition coefficient (Wildman–Crippen LogP) is 3.37. The first-order valence-electron chi connectivity index (χ1n) is 8.63. The standard InChI is InChI=1S/C21H25NO3/c1-21(14-25-15-21)13-22-20(23)12-19(16-6-4-3-5-7-16)17-8-10-18(24-2)11-9-17/h3-11,19H,12-15H2,1-2H3,(H,22,23)/t19-/m0/s1. The van der Waals surface area contributed by atoms with Crippen LogP contribution in [0.5, 0.6) is 5.75 Å². The number of hydrogen-bond donors (Lipinski definition) is 1. The SMILES string of the molecule is COc1ccc([C@@H](CC(=O)NCC2(C)COC2)c2ccccc2)cc1. The Balaban J connectivity index is 1.73. The number of amides is 1. The maximum absolute atomic E-state index is 12.5. The third-order valence-corrected chi connectivity index (χ3v) is 4.72. The third kappa shape index (κ3) is 4.40. The highest BCUT2D eigenvalue weighted by Gasteiger charge is 2.33. The molecule has 1 heterocycles. The molecule has 2 aromatic rings. The number of benzene rings is 2. The minimum absolute atomic E-state index is 0.0255. The molecule has 3 rings (SSSR count). The van der Waals surface area contributed by atoms with Gasteiger partial charge in [0.05, 0.1) is 20.3 Å². The first kappa shape index (κ1) is 17.5. The molecule has 1 amide bonds. The van der Waals surface area contributed by atoms with Gasteiger partial charge in [-0.1, -0.05) is 49.4 Å². The summed E-state index contributed by atoms with van der Waals surface area (Å²) in [5.74, 6) is 0.910. The summed E-state index contributed by atoms with van der Waals surface area (Å²) in [5.41, 5.74) is 2.33. The lowest BCUT2D eigenvalue weighted by atomic mass is 9.87. The highest BCUT2D eigenvalue weighted by Crippen LogP contribution is 2.30. The van der Waals surface area contributed by atoms with Crippen molar-refractivity contribution in [2.75, 3.05) is 26.9 Å². The van der Waals surface area contributed by atoms with Gasteiger partial charge >= 0.3 is 0 Å². The monoisotopic (exact) mass is 339 g/mol. The van der Waals surface area contributed by atoms with E-state index < -0.39 is 0 Å². The van der Waals surface area contributed by atoms with Gasteiger partial charge in [-0.3, -0.25) is 4.79 Å². The number of hydrogen-bond acceptors (Lipinski definition) is 3. The van der Waals surface area contributed by atoms with E-state index in [0.29, 0.717) is 26.2 Å². The average molecular weight is 339 g/mol. The Kier molecular flexibility index (Phi) is 5.39. The molecule has 0 spiro atoms. The highest BCUT2D eigenvalue weighted by molar-refractivity contribution is 5.77. The first-order chi connectivity index (χ1) is 12.1. The fourth-order valence-electron chi connectivity index (χ4n) is 3.07. The van der Waals surface area contributed by atoms with Gasteiger partial charge in [0.15, 0.2) is 0 Å². The third-order valence-electron chi connectivity index (χ3n) is 4.72. The van der Waals surface area contributed by atoms with E-state index in [1.807, 2.05) is 42.5 Å². The van der Waals surface area contributed by atoms with E-state index in [-0.39, 0.29) is 17.2 Å². The lowest BCUT2D eigenvalue weighted by molar-refractivity contribution is -0.127. The van der Waals surface area contributed by atoms with Gasteiger partial charge in [0, 0.05) is 24.3 Å². The zero-order chi connectivity index (χ0) is 17.7. The van der Waals surface area contributed by atoms with Crippen LogP contribution in [-0.4, -0.2) is 32.8 Å². The van der Waals surface area contributed by atoms with Crippen LogP contribution >= 0.6 is 0 Å². The number of methoxy groups -OCH3 is 1. The smallest absolute Gasteiger partial charge is 0.220 e. The van der Waals surface area contributed by atoms with E-state index in [4.69, 9.17) is 9.47 Å². The van der Waals surface area contributed by atoms with Gasteiger partial charge in [-0.2, -0.15) is 0 Å². The lowest BCUT2D eigenvalue weighted by Crippen LogP contribution is -2.48. The average Bonchev–Trinajstić information content (AvgIpc) is 2.64. The Hall–Kier alpha value is -2.33. The molecule has 0 bridgehead atoms. The summed E-state index contributed by atoms with van der Waals surface area (Å²) in [6.07, 6.45) is 0.424. The largest absolute Gasteiger partial charge is 0.497 e. The summed E-state index contributed by atoms with van der Waals surface area (Å²) >= 11 is 0. The van der Waals surface area contributed by atoms with Crippen LogP contribution in [0.2, 0.25) is 0 Å². The second-order valence-electron chi connectivity index (χ2n) is 7.02. The lowest BCUT2D eigenvalue weighted by Gasteiger charge is -2.38. The Morgan fingerprint density at radius 1 is 1.12 bits per heavy atom. The van der Waals surface area contributed by atoms with E-state index in [0.717, 1.165) is 16.9 Å². The van der Waals surface area contributed by atoms with E-state index in [1.54, 1.807) is 7.11 Å². The van der Waals surface area contributed by atoms with Crippen LogP contribution in [0.4, 0.5) is 0 Å². The van der Waals surface area contributed by atoms with Crippen molar-refractivity contribution in [3.8, 4) is 5.75 Å². The summed E-state index contributed by atoms with van der Waals surface area (Å²) in [6, 6.07) is 18.1. The Morgan fingerprint density at radius 3 is 2.32 bits per heavy atom. The van der Waals surface area contributed by atoms with E-state index in [1.165, 1.54) is 0 Å². The number of nitrogens with one attached hydrogen (secondary N) is 1. The second-order valence-corrected chi connectivity index (χ2v) is 7.02. The first-order valence-corrected chi connectivity index (χ1v) is 8.63. The molecule has 0 radical (unpaired) electrons. The normalized spacial score (nSPS) is 16.6. The number of carbonyl (C=O) groups excluding carboxylic acids is 1. The minimum atomic E-state index is 0.0255. The molecular weight excluding hydrogens is 314 g/mol. The van der Waals surface area contributed by atoms with Gasteiger partial charge in [0.25, 0.3) is 0 Å². The molecule has 1 aliphatic rings. The van der Waals surface area contributed by atoms with Crippen LogP contribution in [0.3, 0.4) is 0 Å². The van der Waals surface area contributed by atoms with Crippen molar-refractivity contribution >= 4 is 5.91 Å². The molecule has 4 heteroatoms. The zero-order valence-corrected chi connectivity index (χ0v) is 14.8. The maximum atomic E-state index is 12.5. The molecule has 1 saturated heterocycles. The number of rotatable bonds is 7. The van der Waals surface area contributed by atoms with E-state index in [2.05, 4.69) is 24.4 Å². The summed E-state index contributed by atoms with van der Waals surface area (Å²) < 4.78 is 10.5. The van der Waals surface area contributed by atoms with Crippen LogP contribution in [0, 0.1) is 5.41 Å². The van der Waals surface area contributed by atoms with Gasteiger partial charge in [-0.05, 0) is 23.3 Å². The van der Waals surface area contributed by atoms with Gasteiger partial charge in [-0.25, -0.2) is 0 Å².